The van der Waals surface area contributed by atoms with Gasteiger partial charge < -0.3 is 14.4 Å². The maximum atomic E-state index is 12.6. The maximum absolute atomic E-state index is 12.6. The van der Waals surface area contributed by atoms with Crippen LogP contribution in [-0.4, -0.2) is 50.3 Å². The highest BCUT2D eigenvalue weighted by Crippen LogP contribution is 2.22. The topological polar surface area (TPSA) is 59.1 Å². The van der Waals surface area contributed by atoms with Gasteiger partial charge in [-0.15, -0.1) is 0 Å². The van der Waals surface area contributed by atoms with Crippen LogP contribution in [0.4, 0.5) is 10.5 Å². The van der Waals surface area contributed by atoms with Gasteiger partial charge in [-0.1, -0.05) is 0 Å². The summed E-state index contributed by atoms with van der Waals surface area (Å²) in [5, 5.41) is 0. The molecule has 21 heavy (non-hydrogen) atoms. The Bertz CT molecular complexity index is 489. The molecular weight excluding hydrogens is 272 g/mol. The minimum atomic E-state index is -0.193. The number of likely N-dealkylation sites (tertiary alicyclic amines) is 1. The Hall–Kier alpha value is -2.24. The lowest BCUT2D eigenvalue weighted by Crippen LogP contribution is -2.42. The van der Waals surface area contributed by atoms with Gasteiger partial charge in [0.25, 0.3) is 6.47 Å². The quantitative estimate of drug-likeness (QED) is 0.778. The normalized spacial score (nSPS) is 17.4. The Morgan fingerprint density at radius 2 is 2.14 bits per heavy atom. The third-order valence-corrected chi connectivity index (χ3v) is 3.59. The van der Waals surface area contributed by atoms with E-state index in [-0.39, 0.29) is 12.1 Å². The first kappa shape index (κ1) is 15.2. The number of urea groups is 1. The number of nitrogens with zero attached hydrogens (tertiary/aromatic N) is 2. The summed E-state index contributed by atoms with van der Waals surface area (Å²) in [6.07, 6.45) is 0.492. The molecule has 0 aromatic heterocycles. The Morgan fingerprint density at radius 3 is 2.71 bits per heavy atom. The van der Waals surface area contributed by atoms with Crippen LogP contribution in [0.3, 0.4) is 0 Å². The van der Waals surface area contributed by atoms with Gasteiger partial charge >= 0.3 is 6.03 Å². The number of carbonyl (C=O) groups is 2. The molecule has 1 atom stereocenters. The minimum absolute atomic E-state index is 0.0698. The summed E-state index contributed by atoms with van der Waals surface area (Å²) in [6, 6.07) is 7.30. The van der Waals surface area contributed by atoms with Crippen LogP contribution in [-0.2, 0) is 9.53 Å². The predicted octanol–water partition coefficient (Wildman–Crippen LogP) is 1.89. The molecule has 1 aliphatic rings. The van der Waals surface area contributed by atoms with Gasteiger partial charge in [0.15, 0.2) is 0 Å². The van der Waals surface area contributed by atoms with E-state index in [1.54, 1.807) is 16.9 Å². The van der Waals surface area contributed by atoms with Gasteiger partial charge in [0.2, 0.25) is 0 Å². The van der Waals surface area contributed by atoms with Crippen molar-refractivity contribution in [3.05, 3.63) is 24.3 Å². The van der Waals surface area contributed by atoms with E-state index in [1.165, 1.54) is 0 Å². The van der Waals surface area contributed by atoms with E-state index in [0.717, 1.165) is 11.4 Å². The molecule has 0 saturated carbocycles. The Kier molecular flexibility index (Phi) is 5.03. The van der Waals surface area contributed by atoms with Gasteiger partial charge in [-0.2, -0.15) is 0 Å². The molecule has 0 aliphatic carbocycles. The first-order chi connectivity index (χ1) is 10.2. The first-order valence-corrected chi connectivity index (χ1v) is 6.99. The molecule has 0 N–H and O–H groups in total. The smallest absolute Gasteiger partial charge is 0.324 e. The molecular formula is C15H20N2O4. The van der Waals surface area contributed by atoms with E-state index in [9.17, 15) is 9.59 Å². The van der Waals surface area contributed by atoms with Crippen LogP contribution in [0, 0.1) is 0 Å². The van der Waals surface area contributed by atoms with Gasteiger partial charge in [0, 0.05) is 25.2 Å². The number of carbonyl (C=O) groups excluding carboxylic acids is 2. The molecule has 1 aromatic carbocycles. The van der Waals surface area contributed by atoms with E-state index >= 15 is 0 Å². The number of anilines is 1. The maximum Gasteiger partial charge on any atom is 0.324 e. The molecule has 1 unspecified atom stereocenters. The largest absolute Gasteiger partial charge is 0.497 e. The van der Waals surface area contributed by atoms with Crippen LogP contribution in [0.5, 0.6) is 5.75 Å². The lowest BCUT2D eigenvalue weighted by Gasteiger charge is -2.27. The molecule has 0 spiro atoms. The monoisotopic (exact) mass is 292 g/mol. The molecule has 6 heteroatoms. The van der Waals surface area contributed by atoms with Crippen molar-refractivity contribution in [3.8, 4) is 5.75 Å². The van der Waals surface area contributed by atoms with E-state index in [1.807, 2.05) is 31.2 Å². The molecule has 2 amide bonds. The summed E-state index contributed by atoms with van der Waals surface area (Å²) in [7, 11) is 1.61. The lowest BCUT2D eigenvalue weighted by molar-refractivity contribution is -0.132. The first-order valence-electron chi connectivity index (χ1n) is 6.99. The fraction of sp³-hybridized carbons (Fsp3) is 0.467. The molecule has 1 fully saturated rings. The number of hydrogen-bond donors (Lipinski definition) is 0. The van der Waals surface area contributed by atoms with Crippen molar-refractivity contribution in [3.63, 3.8) is 0 Å². The average molecular weight is 292 g/mol. The van der Waals surface area contributed by atoms with E-state index in [2.05, 4.69) is 0 Å². The molecule has 1 aliphatic heterocycles. The summed E-state index contributed by atoms with van der Waals surface area (Å²) < 4.78 is 10.0. The highest BCUT2D eigenvalue weighted by molar-refractivity contribution is 5.92. The van der Waals surface area contributed by atoms with Gasteiger partial charge in [-0.25, -0.2) is 4.79 Å². The van der Waals surface area contributed by atoms with Crippen molar-refractivity contribution in [2.45, 2.75) is 19.4 Å². The molecule has 0 radical (unpaired) electrons. The fourth-order valence-electron chi connectivity index (χ4n) is 2.45. The van der Waals surface area contributed by atoms with Crippen LogP contribution in [0.15, 0.2) is 24.3 Å². The van der Waals surface area contributed by atoms with Gasteiger partial charge in [0.05, 0.1) is 13.7 Å². The van der Waals surface area contributed by atoms with Crippen LogP contribution in [0.1, 0.15) is 13.3 Å². The number of ether oxygens (including phenoxy) is 2. The number of benzene rings is 1. The number of amides is 2. The third-order valence-electron chi connectivity index (χ3n) is 3.59. The second-order valence-corrected chi connectivity index (χ2v) is 4.81. The van der Waals surface area contributed by atoms with Crippen LogP contribution in [0.25, 0.3) is 0 Å². The predicted molar refractivity (Wildman–Crippen MR) is 78.5 cm³/mol. The van der Waals surface area contributed by atoms with Gasteiger partial charge in [-0.3, -0.25) is 9.69 Å². The molecule has 6 nitrogen and oxygen atoms in total. The Labute approximate surface area is 124 Å². The Balaban J connectivity index is 2.06. The summed E-state index contributed by atoms with van der Waals surface area (Å²) >= 11 is 0. The molecule has 1 heterocycles. The minimum Gasteiger partial charge on any atom is -0.497 e. The second-order valence-electron chi connectivity index (χ2n) is 4.81. The summed E-state index contributed by atoms with van der Waals surface area (Å²) in [4.78, 5) is 26.3. The van der Waals surface area contributed by atoms with Crippen molar-refractivity contribution in [2.75, 3.05) is 31.6 Å². The number of rotatable bonds is 5. The second kappa shape index (κ2) is 6.97. The van der Waals surface area contributed by atoms with Crippen molar-refractivity contribution in [2.24, 2.45) is 0 Å². The van der Waals surface area contributed by atoms with E-state index in [0.29, 0.717) is 32.5 Å². The SMILES string of the molecule is CCN(C(=O)N1CCC(OC=O)C1)c1ccc(OC)cc1. The number of hydrogen-bond acceptors (Lipinski definition) is 4. The fourth-order valence-corrected chi connectivity index (χ4v) is 2.45. The molecule has 114 valence electrons. The molecule has 1 saturated heterocycles. The standard InChI is InChI=1S/C15H20N2O4/c1-3-17(12-4-6-13(20-2)7-5-12)15(19)16-9-8-14(10-16)21-11-18/h4-7,11,14H,3,8-10H2,1-2H3. The summed E-state index contributed by atoms with van der Waals surface area (Å²) in [5.41, 5.74) is 0.822. The van der Waals surface area contributed by atoms with Crippen molar-refractivity contribution < 1.29 is 19.1 Å². The summed E-state index contributed by atoms with van der Waals surface area (Å²) in [5.74, 6) is 0.753. The molecule has 1 aromatic rings. The highest BCUT2D eigenvalue weighted by atomic mass is 16.5. The highest BCUT2D eigenvalue weighted by Gasteiger charge is 2.30. The zero-order valence-corrected chi connectivity index (χ0v) is 12.3. The van der Waals surface area contributed by atoms with E-state index < -0.39 is 0 Å². The van der Waals surface area contributed by atoms with Crippen LogP contribution in [0.2, 0.25) is 0 Å². The van der Waals surface area contributed by atoms with Crippen molar-refractivity contribution >= 4 is 18.2 Å². The molecule has 0 bridgehead atoms. The van der Waals surface area contributed by atoms with Crippen molar-refractivity contribution in [1.82, 2.24) is 4.90 Å². The lowest BCUT2D eigenvalue weighted by atomic mass is 10.2. The van der Waals surface area contributed by atoms with E-state index in [4.69, 9.17) is 9.47 Å². The zero-order valence-electron chi connectivity index (χ0n) is 12.3. The van der Waals surface area contributed by atoms with Gasteiger partial charge in [-0.05, 0) is 31.2 Å². The van der Waals surface area contributed by atoms with Gasteiger partial charge in [0.1, 0.15) is 11.9 Å². The average Bonchev–Trinajstić information content (AvgIpc) is 2.97. The van der Waals surface area contributed by atoms with Crippen molar-refractivity contribution in [1.29, 1.82) is 0 Å². The summed E-state index contributed by atoms with van der Waals surface area (Å²) in [6.45, 7) is 3.99. The molecule has 2 rings (SSSR count). The van der Waals surface area contributed by atoms with Crippen LogP contribution >= 0.6 is 0 Å². The number of methoxy groups -OCH3 is 1. The third kappa shape index (κ3) is 3.45. The Morgan fingerprint density at radius 1 is 1.43 bits per heavy atom. The zero-order chi connectivity index (χ0) is 15.2. The van der Waals surface area contributed by atoms with Crippen LogP contribution < -0.4 is 9.64 Å².